The summed E-state index contributed by atoms with van der Waals surface area (Å²) in [4.78, 5) is 22.2. The number of alkyl halides is 2. The molecule has 4 rings (SSSR count). The fraction of sp³-hybridized carbons (Fsp3) is 0.185. The summed E-state index contributed by atoms with van der Waals surface area (Å²) >= 11 is 0. The molecule has 184 valence electrons. The molecular weight excluding hydrogens is 469 g/mol. The summed E-state index contributed by atoms with van der Waals surface area (Å²) in [5.41, 5.74) is 9.68. The SMILES string of the molecule is Cc1cc(-c2nc(C(=O)CCc3ccccc3OC(F)F)c(N)nc2-c2ccc(F)cc2)c[n+](C)c1. The van der Waals surface area contributed by atoms with Crippen LogP contribution in [-0.4, -0.2) is 22.4 Å². The number of nitrogens with two attached hydrogens (primary N) is 1. The maximum absolute atomic E-state index is 13.5. The highest BCUT2D eigenvalue weighted by Gasteiger charge is 2.22. The number of anilines is 1. The minimum Gasteiger partial charge on any atom is -0.435 e. The number of pyridine rings is 1. The lowest BCUT2D eigenvalue weighted by Gasteiger charge is -2.13. The molecule has 0 amide bonds. The molecule has 0 fully saturated rings. The standard InChI is InChI=1S/C27H23F3N4O2/c1-16-13-19(15-34(2)14-16)24-23(18-7-10-20(28)11-8-18)33-26(31)25(32-24)21(35)12-9-17-5-3-4-6-22(17)36-27(29)30/h3-8,10-11,13-15,27H,9,12H2,1-2H3,(H-,31,33,35)/p+1. The maximum atomic E-state index is 13.5. The molecule has 0 aliphatic rings. The van der Waals surface area contributed by atoms with Crippen LogP contribution in [0.5, 0.6) is 5.75 Å². The van der Waals surface area contributed by atoms with E-state index in [1.807, 2.05) is 37.0 Å². The molecule has 0 bridgehead atoms. The fourth-order valence-electron chi connectivity index (χ4n) is 3.98. The molecule has 6 nitrogen and oxygen atoms in total. The van der Waals surface area contributed by atoms with Gasteiger partial charge in [0.2, 0.25) is 0 Å². The van der Waals surface area contributed by atoms with Crippen molar-refractivity contribution in [3.05, 3.63) is 89.6 Å². The van der Waals surface area contributed by atoms with Crippen LogP contribution < -0.4 is 15.0 Å². The van der Waals surface area contributed by atoms with E-state index in [0.717, 1.165) is 5.56 Å². The van der Waals surface area contributed by atoms with Crippen LogP contribution in [0, 0.1) is 12.7 Å². The van der Waals surface area contributed by atoms with Gasteiger partial charge >= 0.3 is 6.61 Å². The van der Waals surface area contributed by atoms with E-state index in [1.165, 1.54) is 18.2 Å². The number of benzene rings is 2. The third-order valence-electron chi connectivity index (χ3n) is 5.52. The van der Waals surface area contributed by atoms with E-state index in [-0.39, 0.29) is 30.1 Å². The molecule has 0 aliphatic carbocycles. The van der Waals surface area contributed by atoms with Crippen LogP contribution in [0.3, 0.4) is 0 Å². The molecule has 0 saturated heterocycles. The molecular formula is C27H24F3N4O2+. The van der Waals surface area contributed by atoms with E-state index in [4.69, 9.17) is 5.73 Å². The Hall–Kier alpha value is -4.27. The molecule has 2 heterocycles. The van der Waals surface area contributed by atoms with Crippen LogP contribution in [0.4, 0.5) is 19.0 Å². The number of ether oxygens (including phenoxy) is 1. The topological polar surface area (TPSA) is 82.0 Å². The Kier molecular flexibility index (Phi) is 7.28. The van der Waals surface area contributed by atoms with Crippen molar-refractivity contribution < 1.29 is 27.3 Å². The molecule has 0 unspecified atom stereocenters. The van der Waals surface area contributed by atoms with Crippen LogP contribution in [0.2, 0.25) is 0 Å². The highest BCUT2D eigenvalue weighted by molar-refractivity contribution is 5.99. The zero-order valence-corrected chi connectivity index (χ0v) is 19.7. The number of nitrogen functional groups attached to an aromatic ring is 1. The Morgan fingerprint density at radius 1 is 1.03 bits per heavy atom. The zero-order chi connectivity index (χ0) is 25.8. The molecule has 0 radical (unpaired) electrons. The number of halogens is 3. The van der Waals surface area contributed by atoms with E-state index in [2.05, 4.69) is 14.7 Å². The lowest BCUT2D eigenvalue weighted by atomic mass is 10.0. The lowest BCUT2D eigenvalue weighted by Crippen LogP contribution is -2.27. The average molecular weight is 494 g/mol. The summed E-state index contributed by atoms with van der Waals surface area (Å²) in [7, 11) is 1.86. The smallest absolute Gasteiger partial charge is 0.387 e. The highest BCUT2D eigenvalue weighted by atomic mass is 19.3. The first-order chi connectivity index (χ1) is 17.2. The Morgan fingerprint density at radius 3 is 2.42 bits per heavy atom. The maximum Gasteiger partial charge on any atom is 0.387 e. The largest absolute Gasteiger partial charge is 0.435 e. The first-order valence-corrected chi connectivity index (χ1v) is 11.2. The van der Waals surface area contributed by atoms with Gasteiger partial charge in [0, 0.05) is 17.5 Å². The van der Waals surface area contributed by atoms with Crippen LogP contribution in [0.15, 0.2) is 67.0 Å². The zero-order valence-electron chi connectivity index (χ0n) is 19.7. The van der Waals surface area contributed by atoms with Gasteiger partial charge in [-0.3, -0.25) is 4.79 Å². The molecule has 0 saturated carbocycles. The number of aromatic nitrogens is 3. The van der Waals surface area contributed by atoms with Crippen molar-refractivity contribution >= 4 is 11.6 Å². The van der Waals surface area contributed by atoms with Gasteiger partial charge in [-0.15, -0.1) is 0 Å². The second-order valence-corrected chi connectivity index (χ2v) is 8.34. The number of aryl methyl sites for hydroxylation is 3. The highest BCUT2D eigenvalue weighted by Crippen LogP contribution is 2.31. The predicted molar refractivity (Wildman–Crippen MR) is 129 cm³/mol. The van der Waals surface area contributed by atoms with Gasteiger partial charge in [0.05, 0.1) is 11.3 Å². The molecule has 2 N–H and O–H groups in total. The first kappa shape index (κ1) is 24.8. The third-order valence-corrected chi connectivity index (χ3v) is 5.52. The molecule has 9 heteroatoms. The Balaban J connectivity index is 1.73. The molecule has 2 aromatic heterocycles. The molecule has 2 aromatic carbocycles. The number of carbonyl (C=O) groups excluding carboxylic acids is 1. The summed E-state index contributed by atoms with van der Waals surface area (Å²) in [6.45, 7) is -1.04. The van der Waals surface area contributed by atoms with E-state index in [0.29, 0.717) is 28.1 Å². The number of Topliss-reactive ketones (excluding diaryl/α,β-unsaturated/α-hetero) is 1. The number of hydrogen-bond acceptors (Lipinski definition) is 5. The van der Waals surface area contributed by atoms with Gasteiger partial charge in [-0.1, -0.05) is 18.2 Å². The average Bonchev–Trinajstić information content (AvgIpc) is 2.82. The van der Waals surface area contributed by atoms with Crippen LogP contribution in [0.25, 0.3) is 22.5 Å². The Morgan fingerprint density at radius 2 is 1.72 bits per heavy atom. The number of nitrogens with zero attached hydrogens (tertiary/aromatic N) is 3. The van der Waals surface area contributed by atoms with Crippen LogP contribution >= 0.6 is 0 Å². The van der Waals surface area contributed by atoms with Crippen molar-refractivity contribution in [3.63, 3.8) is 0 Å². The van der Waals surface area contributed by atoms with E-state index < -0.39 is 18.2 Å². The first-order valence-electron chi connectivity index (χ1n) is 11.2. The number of carbonyl (C=O) groups is 1. The molecule has 36 heavy (non-hydrogen) atoms. The van der Waals surface area contributed by atoms with Crippen LogP contribution in [0.1, 0.15) is 28.0 Å². The lowest BCUT2D eigenvalue weighted by molar-refractivity contribution is -0.671. The van der Waals surface area contributed by atoms with Gasteiger partial charge in [0.1, 0.15) is 30.0 Å². The van der Waals surface area contributed by atoms with Crippen molar-refractivity contribution in [3.8, 4) is 28.3 Å². The van der Waals surface area contributed by atoms with Gasteiger partial charge in [0.15, 0.2) is 24.0 Å². The van der Waals surface area contributed by atoms with Gasteiger partial charge in [-0.05, 0) is 55.3 Å². The summed E-state index contributed by atoms with van der Waals surface area (Å²) in [6.07, 6.45) is 3.87. The van der Waals surface area contributed by atoms with Gasteiger partial charge in [0.25, 0.3) is 0 Å². The number of rotatable bonds is 8. The normalized spacial score (nSPS) is 11.1. The molecule has 0 aliphatic heterocycles. The number of hydrogen-bond donors (Lipinski definition) is 1. The van der Waals surface area contributed by atoms with Gasteiger partial charge in [-0.2, -0.15) is 8.78 Å². The second kappa shape index (κ2) is 10.6. The molecule has 0 atom stereocenters. The predicted octanol–water partition coefficient (Wildman–Crippen LogP) is 5.08. The second-order valence-electron chi connectivity index (χ2n) is 8.34. The monoisotopic (exact) mass is 493 g/mol. The Bertz CT molecular complexity index is 1390. The Labute approximate surface area is 206 Å². The van der Waals surface area contributed by atoms with E-state index in [9.17, 15) is 18.0 Å². The van der Waals surface area contributed by atoms with Crippen molar-refractivity contribution in [2.24, 2.45) is 7.05 Å². The summed E-state index contributed by atoms with van der Waals surface area (Å²) in [6, 6.07) is 14.0. The van der Waals surface area contributed by atoms with Crippen molar-refractivity contribution in [1.29, 1.82) is 0 Å². The minimum atomic E-state index is -2.97. The van der Waals surface area contributed by atoms with Gasteiger partial charge in [-0.25, -0.2) is 18.9 Å². The quantitative estimate of drug-likeness (QED) is 0.273. The minimum absolute atomic E-state index is 0.0129. The number of ketones is 1. The summed E-state index contributed by atoms with van der Waals surface area (Å²) < 4.78 is 45.4. The summed E-state index contributed by atoms with van der Waals surface area (Å²) in [5.74, 6) is -0.849. The van der Waals surface area contributed by atoms with Gasteiger partial charge < -0.3 is 10.5 Å². The number of para-hydroxylation sites is 1. The fourth-order valence-corrected chi connectivity index (χ4v) is 3.98. The van der Waals surface area contributed by atoms with Crippen molar-refractivity contribution in [2.45, 2.75) is 26.4 Å². The van der Waals surface area contributed by atoms with Crippen molar-refractivity contribution in [1.82, 2.24) is 9.97 Å². The summed E-state index contributed by atoms with van der Waals surface area (Å²) in [5, 5.41) is 0. The van der Waals surface area contributed by atoms with Crippen LogP contribution in [-0.2, 0) is 13.5 Å². The molecule has 4 aromatic rings. The van der Waals surface area contributed by atoms with E-state index >= 15 is 0 Å². The third kappa shape index (κ3) is 5.68. The van der Waals surface area contributed by atoms with E-state index in [1.54, 1.807) is 30.3 Å². The molecule has 0 spiro atoms. The van der Waals surface area contributed by atoms with Crippen molar-refractivity contribution in [2.75, 3.05) is 5.73 Å².